The molecule has 3 atom stereocenters. The number of hydrogen-bond acceptors (Lipinski definition) is 2. The molecular formula is C14H27NO. The quantitative estimate of drug-likeness (QED) is 0.794. The van der Waals surface area contributed by atoms with Crippen LogP contribution in [-0.2, 0) is 4.74 Å². The summed E-state index contributed by atoms with van der Waals surface area (Å²) in [6.07, 6.45) is 6.97. The summed E-state index contributed by atoms with van der Waals surface area (Å²) in [6.45, 7) is 9.29. The van der Waals surface area contributed by atoms with Gasteiger partial charge in [-0.25, -0.2) is 0 Å². The zero-order valence-corrected chi connectivity index (χ0v) is 11.1. The molecule has 2 fully saturated rings. The van der Waals surface area contributed by atoms with E-state index in [2.05, 4.69) is 26.1 Å². The van der Waals surface area contributed by atoms with Crippen molar-refractivity contribution in [2.45, 2.75) is 65.0 Å². The minimum atomic E-state index is 0.539. The minimum Gasteiger partial charge on any atom is -0.378 e. The van der Waals surface area contributed by atoms with Gasteiger partial charge < -0.3 is 10.1 Å². The predicted octanol–water partition coefficient (Wildman–Crippen LogP) is 2.97. The topological polar surface area (TPSA) is 21.3 Å². The van der Waals surface area contributed by atoms with Crippen molar-refractivity contribution >= 4 is 0 Å². The van der Waals surface area contributed by atoms with Crippen LogP contribution in [0.15, 0.2) is 0 Å². The summed E-state index contributed by atoms with van der Waals surface area (Å²) in [5, 5.41) is 3.73. The first-order valence-electron chi connectivity index (χ1n) is 6.92. The molecule has 1 saturated carbocycles. The average molecular weight is 225 g/mol. The van der Waals surface area contributed by atoms with Crippen LogP contribution in [0.25, 0.3) is 0 Å². The minimum absolute atomic E-state index is 0.539. The number of hydrogen-bond donors (Lipinski definition) is 1. The lowest BCUT2D eigenvalue weighted by molar-refractivity contribution is 0.103. The highest BCUT2D eigenvalue weighted by Crippen LogP contribution is 2.40. The third kappa shape index (κ3) is 3.21. The van der Waals surface area contributed by atoms with Gasteiger partial charge in [-0.1, -0.05) is 20.8 Å². The smallest absolute Gasteiger partial charge is 0.0588 e. The van der Waals surface area contributed by atoms with Crippen molar-refractivity contribution in [2.75, 3.05) is 13.2 Å². The summed E-state index contributed by atoms with van der Waals surface area (Å²) in [5.41, 5.74) is 0.543. The third-order valence-corrected chi connectivity index (χ3v) is 4.23. The molecule has 0 bridgehead atoms. The Morgan fingerprint density at radius 2 is 2.12 bits per heavy atom. The van der Waals surface area contributed by atoms with E-state index in [1.54, 1.807) is 0 Å². The Hall–Kier alpha value is -0.0800. The van der Waals surface area contributed by atoms with Crippen LogP contribution in [0, 0.1) is 11.3 Å². The van der Waals surface area contributed by atoms with Crippen molar-refractivity contribution in [2.24, 2.45) is 11.3 Å². The second-order valence-corrected chi connectivity index (χ2v) is 6.53. The van der Waals surface area contributed by atoms with Crippen molar-refractivity contribution in [3.8, 4) is 0 Å². The van der Waals surface area contributed by atoms with Gasteiger partial charge in [0.05, 0.1) is 6.10 Å². The van der Waals surface area contributed by atoms with E-state index >= 15 is 0 Å². The average Bonchev–Trinajstić information content (AvgIpc) is 2.75. The van der Waals surface area contributed by atoms with Gasteiger partial charge in [0, 0.05) is 12.6 Å². The summed E-state index contributed by atoms with van der Waals surface area (Å²) < 4.78 is 5.65. The number of nitrogens with one attached hydrogen (secondary N) is 1. The SMILES string of the molecule is CC1CC(C)(C)CC1NCCC1CCCO1. The Kier molecular flexibility index (Phi) is 3.91. The zero-order chi connectivity index (χ0) is 11.6. The van der Waals surface area contributed by atoms with Crippen LogP contribution in [0.1, 0.15) is 52.9 Å². The van der Waals surface area contributed by atoms with E-state index in [-0.39, 0.29) is 0 Å². The molecule has 1 heterocycles. The van der Waals surface area contributed by atoms with Crippen LogP contribution < -0.4 is 5.32 Å². The Bertz CT molecular complexity index is 221. The van der Waals surface area contributed by atoms with Crippen molar-refractivity contribution in [3.05, 3.63) is 0 Å². The highest BCUT2D eigenvalue weighted by Gasteiger charge is 2.36. The van der Waals surface area contributed by atoms with E-state index < -0.39 is 0 Å². The maximum atomic E-state index is 5.65. The van der Waals surface area contributed by atoms with E-state index in [0.717, 1.165) is 25.1 Å². The molecule has 0 aromatic carbocycles. The molecule has 2 heteroatoms. The monoisotopic (exact) mass is 225 g/mol. The summed E-state index contributed by atoms with van der Waals surface area (Å²) in [7, 11) is 0. The van der Waals surface area contributed by atoms with Crippen LogP contribution in [0.3, 0.4) is 0 Å². The molecule has 2 nitrogen and oxygen atoms in total. The molecule has 0 spiro atoms. The van der Waals surface area contributed by atoms with E-state index in [9.17, 15) is 0 Å². The Labute approximate surface area is 100 Å². The molecule has 16 heavy (non-hydrogen) atoms. The fourth-order valence-corrected chi connectivity index (χ4v) is 3.47. The fraction of sp³-hybridized carbons (Fsp3) is 1.00. The molecule has 1 aliphatic carbocycles. The fourth-order valence-electron chi connectivity index (χ4n) is 3.47. The van der Waals surface area contributed by atoms with E-state index in [1.807, 2.05) is 0 Å². The Balaban J connectivity index is 1.66. The summed E-state index contributed by atoms with van der Waals surface area (Å²) in [4.78, 5) is 0. The molecule has 0 aromatic rings. The van der Waals surface area contributed by atoms with Gasteiger partial charge in [-0.2, -0.15) is 0 Å². The van der Waals surface area contributed by atoms with Crippen molar-refractivity contribution in [1.29, 1.82) is 0 Å². The molecular weight excluding hydrogens is 198 g/mol. The predicted molar refractivity (Wildman–Crippen MR) is 67.6 cm³/mol. The van der Waals surface area contributed by atoms with Crippen LogP contribution in [0.5, 0.6) is 0 Å². The van der Waals surface area contributed by atoms with Crippen LogP contribution in [-0.4, -0.2) is 25.3 Å². The molecule has 2 aliphatic rings. The van der Waals surface area contributed by atoms with Crippen molar-refractivity contribution < 1.29 is 4.74 Å². The van der Waals surface area contributed by atoms with Crippen LogP contribution in [0.2, 0.25) is 0 Å². The first-order valence-corrected chi connectivity index (χ1v) is 6.92. The van der Waals surface area contributed by atoms with Gasteiger partial charge in [-0.05, 0) is 50.0 Å². The van der Waals surface area contributed by atoms with E-state index in [4.69, 9.17) is 4.74 Å². The van der Waals surface area contributed by atoms with Gasteiger partial charge in [-0.15, -0.1) is 0 Å². The summed E-state index contributed by atoms with van der Waals surface area (Å²) in [6, 6.07) is 0.733. The lowest BCUT2D eigenvalue weighted by Gasteiger charge is -2.19. The third-order valence-electron chi connectivity index (χ3n) is 4.23. The second-order valence-electron chi connectivity index (χ2n) is 6.53. The molecule has 3 unspecified atom stereocenters. The summed E-state index contributed by atoms with van der Waals surface area (Å²) >= 11 is 0. The van der Waals surface area contributed by atoms with Gasteiger partial charge in [0.25, 0.3) is 0 Å². The summed E-state index contributed by atoms with van der Waals surface area (Å²) in [5.74, 6) is 0.833. The van der Waals surface area contributed by atoms with Gasteiger partial charge in [0.2, 0.25) is 0 Å². The molecule has 1 saturated heterocycles. The molecule has 1 aliphatic heterocycles. The van der Waals surface area contributed by atoms with Crippen molar-refractivity contribution in [3.63, 3.8) is 0 Å². The number of ether oxygens (including phenoxy) is 1. The second kappa shape index (κ2) is 5.05. The Morgan fingerprint density at radius 3 is 2.69 bits per heavy atom. The first kappa shape index (κ1) is 12.4. The van der Waals surface area contributed by atoms with Gasteiger partial charge in [0.15, 0.2) is 0 Å². The molecule has 0 amide bonds. The highest BCUT2D eigenvalue weighted by atomic mass is 16.5. The van der Waals surface area contributed by atoms with E-state index in [0.29, 0.717) is 11.5 Å². The maximum Gasteiger partial charge on any atom is 0.0588 e. The van der Waals surface area contributed by atoms with Crippen LogP contribution >= 0.6 is 0 Å². The largest absolute Gasteiger partial charge is 0.378 e. The highest BCUT2D eigenvalue weighted by molar-refractivity contribution is 4.91. The van der Waals surface area contributed by atoms with Crippen molar-refractivity contribution in [1.82, 2.24) is 5.32 Å². The van der Waals surface area contributed by atoms with Crippen LogP contribution in [0.4, 0.5) is 0 Å². The molecule has 94 valence electrons. The normalized spacial score (nSPS) is 38.1. The lowest BCUT2D eigenvalue weighted by atomic mass is 9.91. The van der Waals surface area contributed by atoms with Gasteiger partial charge in [-0.3, -0.25) is 0 Å². The van der Waals surface area contributed by atoms with Gasteiger partial charge >= 0.3 is 0 Å². The standard InChI is InChI=1S/C14H27NO/c1-11-9-14(2,3)10-13(11)15-7-6-12-5-4-8-16-12/h11-13,15H,4-10H2,1-3H3. The van der Waals surface area contributed by atoms with Gasteiger partial charge in [0.1, 0.15) is 0 Å². The zero-order valence-electron chi connectivity index (χ0n) is 11.1. The lowest BCUT2D eigenvalue weighted by Crippen LogP contribution is -2.33. The molecule has 2 rings (SSSR count). The maximum absolute atomic E-state index is 5.65. The molecule has 1 N–H and O–H groups in total. The number of rotatable bonds is 4. The Morgan fingerprint density at radius 1 is 1.31 bits per heavy atom. The molecule has 0 aromatic heterocycles. The van der Waals surface area contributed by atoms with E-state index in [1.165, 1.54) is 32.1 Å². The first-order chi connectivity index (χ1) is 7.57. The molecule has 0 radical (unpaired) electrons.